The summed E-state index contributed by atoms with van der Waals surface area (Å²) < 4.78 is 7.03. The van der Waals surface area contributed by atoms with Crippen LogP contribution in [0.15, 0.2) is 22.8 Å². The summed E-state index contributed by atoms with van der Waals surface area (Å²) in [4.78, 5) is 0. The summed E-state index contributed by atoms with van der Waals surface area (Å²) in [6.07, 6.45) is 12.2. The lowest BCUT2D eigenvalue weighted by molar-refractivity contribution is -0.0549. The van der Waals surface area contributed by atoms with Crippen LogP contribution in [0.2, 0.25) is 0 Å². The van der Waals surface area contributed by atoms with Crippen LogP contribution in [0.25, 0.3) is 0 Å². The van der Waals surface area contributed by atoms with Crippen LogP contribution in [0.5, 0.6) is 0 Å². The second kappa shape index (κ2) is 7.43. The van der Waals surface area contributed by atoms with Crippen molar-refractivity contribution in [2.75, 3.05) is 6.54 Å². The SMILES string of the molecule is C.CC1=C2C[C@H]3[C@@H](CC=C4C[C@@H](O)CC[C@@]43C)[C@@H]2CC[C@]12O[C@@H]1C[C@H](C)CN[C@H]1[C@H]2C. The van der Waals surface area contributed by atoms with Crippen LogP contribution in [0, 0.1) is 35.0 Å². The van der Waals surface area contributed by atoms with Gasteiger partial charge in [0, 0.05) is 12.0 Å². The van der Waals surface area contributed by atoms with Crippen molar-refractivity contribution in [2.45, 2.75) is 110 Å². The van der Waals surface area contributed by atoms with Gasteiger partial charge in [0.15, 0.2) is 0 Å². The highest BCUT2D eigenvalue weighted by Gasteiger charge is 2.60. The normalized spacial score (nSPS) is 53.3. The summed E-state index contributed by atoms with van der Waals surface area (Å²) in [6, 6.07) is 0.530. The monoisotopic (exact) mass is 427 g/mol. The Morgan fingerprint density at radius 1 is 1.16 bits per heavy atom. The first-order valence-electron chi connectivity index (χ1n) is 12.8. The molecule has 1 spiro atoms. The van der Waals surface area contributed by atoms with Crippen LogP contribution in [-0.2, 0) is 4.74 Å². The van der Waals surface area contributed by atoms with Crippen molar-refractivity contribution in [3.05, 3.63) is 22.8 Å². The summed E-state index contributed by atoms with van der Waals surface area (Å²) in [5.41, 5.74) is 5.25. The lowest BCUT2D eigenvalue weighted by atomic mass is 9.56. The third kappa shape index (κ3) is 2.95. The average molecular weight is 428 g/mol. The molecular formula is C28H45NO2. The fourth-order valence-electron chi connectivity index (χ4n) is 9.09. The van der Waals surface area contributed by atoms with Crippen molar-refractivity contribution in [3.63, 3.8) is 0 Å². The van der Waals surface area contributed by atoms with Gasteiger partial charge in [-0.25, -0.2) is 0 Å². The lowest BCUT2D eigenvalue weighted by Gasteiger charge is -2.49. The Bertz CT molecular complexity index is 801. The van der Waals surface area contributed by atoms with E-state index >= 15 is 0 Å². The summed E-state index contributed by atoms with van der Waals surface area (Å²) in [7, 11) is 0. The van der Waals surface area contributed by atoms with Crippen LogP contribution in [0.1, 0.15) is 86.5 Å². The van der Waals surface area contributed by atoms with E-state index in [4.69, 9.17) is 4.74 Å². The number of hydrogen-bond donors (Lipinski definition) is 2. The van der Waals surface area contributed by atoms with Gasteiger partial charge >= 0.3 is 0 Å². The van der Waals surface area contributed by atoms with Crippen molar-refractivity contribution < 1.29 is 9.84 Å². The van der Waals surface area contributed by atoms with Crippen molar-refractivity contribution in [2.24, 2.45) is 35.0 Å². The Hall–Kier alpha value is -0.640. The average Bonchev–Trinajstić information content (AvgIpc) is 3.23. The third-order valence-corrected chi connectivity index (χ3v) is 10.9. The molecule has 0 amide bonds. The second-order valence-corrected chi connectivity index (χ2v) is 12.2. The van der Waals surface area contributed by atoms with Gasteiger partial charge < -0.3 is 15.2 Å². The molecule has 6 aliphatic rings. The van der Waals surface area contributed by atoms with Crippen LogP contribution in [-0.4, -0.2) is 35.5 Å². The van der Waals surface area contributed by atoms with Crippen molar-refractivity contribution >= 4 is 0 Å². The summed E-state index contributed by atoms with van der Waals surface area (Å²) in [6.45, 7) is 10.9. The van der Waals surface area contributed by atoms with Crippen LogP contribution >= 0.6 is 0 Å². The Labute approximate surface area is 190 Å². The molecule has 31 heavy (non-hydrogen) atoms. The van der Waals surface area contributed by atoms with Crippen molar-refractivity contribution in [3.8, 4) is 0 Å². The number of piperidine rings is 1. The zero-order valence-corrected chi connectivity index (χ0v) is 19.4. The van der Waals surface area contributed by atoms with E-state index in [2.05, 4.69) is 39.1 Å². The van der Waals surface area contributed by atoms with Crippen molar-refractivity contribution in [1.29, 1.82) is 0 Å². The van der Waals surface area contributed by atoms with Gasteiger partial charge in [-0.3, -0.25) is 0 Å². The number of ether oxygens (including phenoxy) is 1. The fourth-order valence-corrected chi connectivity index (χ4v) is 9.09. The van der Waals surface area contributed by atoms with Gasteiger partial charge in [0.1, 0.15) is 0 Å². The Balaban J connectivity index is 0.00000204. The van der Waals surface area contributed by atoms with Gasteiger partial charge in [-0.15, -0.1) is 0 Å². The molecule has 3 nitrogen and oxygen atoms in total. The molecule has 2 N–H and O–H groups in total. The third-order valence-electron chi connectivity index (χ3n) is 10.9. The zero-order valence-electron chi connectivity index (χ0n) is 19.4. The maximum Gasteiger partial charge on any atom is 0.0937 e. The molecule has 0 aromatic heterocycles. The number of aliphatic hydroxyl groups excluding tert-OH is 1. The lowest BCUT2D eigenvalue weighted by Crippen LogP contribution is -2.49. The Morgan fingerprint density at radius 2 is 1.97 bits per heavy atom. The highest BCUT2D eigenvalue weighted by Crippen LogP contribution is 2.65. The van der Waals surface area contributed by atoms with Crippen LogP contribution in [0.3, 0.4) is 0 Å². The van der Waals surface area contributed by atoms with Gasteiger partial charge in [-0.1, -0.05) is 45.4 Å². The molecule has 0 bridgehead atoms. The number of allylic oxidation sites excluding steroid dienone is 2. The number of fused-ring (bicyclic) bond motifs is 6. The van der Waals surface area contributed by atoms with Crippen LogP contribution < -0.4 is 5.32 Å². The predicted molar refractivity (Wildman–Crippen MR) is 127 cm³/mol. The molecule has 2 saturated carbocycles. The molecule has 0 aromatic carbocycles. The minimum absolute atomic E-state index is 0. The summed E-state index contributed by atoms with van der Waals surface area (Å²) >= 11 is 0. The van der Waals surface area contributed by atoms with E-state index in [1.165, 1.54) is 38.5 Å². The molecule has 6 rings (SSSR count). The molecule has 174 valence electrons. The number of rotatable bonds is 0. The van der Waals surface area contributed by atoms with Gasteiger partial charge in [0.2, 0.25) is 0 Å². The van der Waals surface area contributed by atoms with E-state index in [0.29, 0.717) is 23.5 Å². The summed E-state index contributed by atoms with van der Waals surface area (Å²) in [5, 5.41) is 14.1. The minimum atomic E-state index is -0.111. The van der Waals surface area contributed by atoms with Crippen LogP contribution in [0.4, 0.5) is 0 Å². The molecule has 2 saturated heterocycles. The standard InChI is InChI=1S/C27H41NO2.CH4/c1-15-11-24-25(28-14-15)17(3)27(30-24)10-8-20-21-6-5-18-12-19(29)7-9-26(18,4)23(21)13-22(20)16(27)2;/h5,15,17,19-21,23-25,28-29H,6-14H2,1-4H3;1H4/t15-,17+,19-,20-,21-,23-,24+,25-,26-,27-;/m0./s1. The first-order valence-corrected chi connectivity index (χ1v) is 12.8. The number of aliphatic hydroxyl groups is 1. The fraction of sp³-hybridized carbons (Fsp3) is 0.857. The maximum atomic E-state index is 10.3. The number of nitrogens with one attached hydrogen (secondary N) is 1. The Morgan fingerprint density at radius 3 is 2.77 bits per heavy atom. The molecule has 4 fully saturated rings. The van der Waals surface area contributed by atoms with E-state index in [1.54, 1.807) is 16.7 Å². The van der Waals surface area contributed by atoms with Gasteiger partial charge in [0.25, 0.3) is 0 Å². The molecule has 2 heterocycles. The largest absolute Gasteiger partial charge is 0.393 e. The van der Waals surface area contributed by atoms with E-state index in [0.717, 1.165) is 43.1 Å². The van der Waals surface area contributed by atoms with Gasteiger partial charge in [0.05, 0.1) is 17.8 Å². The molecule has 3 heteroatoms. The number of hydrogen-bond acceptors (Lipinski definition) is 3. The smallest absolute Gasteiger partial charge is 0.0937 e. The maximum absolute atomic E-state index is 10.3. The van der Waals surface area contributed by atoms with E-state index < -0.39 is 0 Å². The first kappa shape index (κ1) is 22.2. The first-order chi connectivity index (χ1) is 14.3. The molecular weight excluding hydrogens is 382 g/mol. The minimum Gasteiger partial charge on any atom is -0.393 e. The van der Waals surface area contributed by atoms with Gasteiger partial charge in [-0.05, 0) is 99.5 Å². The Kier molecular flexibility index (Phi) is 5.32. The van der Waals surface area contributed by atoms with Gasteiger partial charge in [-0.2, -0.15) is 0 Å². The zero-order chi connectivity index (χ0) is 20.8. The highest BCUT2D eigenvalue weighted by molar-refractivity contribution is 5.38. The quantitative estimate of drug-likeness (QED) is 0.492. The molecule has 2 aliphatic heterocycles. The van der Waals surface area contributed by atoms with E-state index in [1.807, 2.05) is 0 Å². The topological polar surface area (TPSA) is 41.5 Å². The molecule has 0 aromatic rings. The van der Waals surface area contributed by atoms with Crippen molar-refractivity contribution in [1.82, 2.24) is 5.32 Å². The molecule has 0 radical (unpaired) electrons. The second-order valence-electron chi connectivity index (χ2n) is 12.2. The molecule has 4 aliphatic carbocycles. The molecule has 10 atom stereocenters. The van der Waals surface area contributed by atoms with E-state index in [-0.39, 0.29) is 19.1 Å². The highest BCUT2D eigenvalue weighted by atomic mass is 16.5. The summed E-state index contributed by atoms with van der Waals surface area (Å²) in [5.74, 6) is 3.64. The predicted octanol–water partition coefficient (Wildman–Crippen LogP) is 5.64. The molecule has 0 unspecified atom stereocenters. The van der Waals surface area contributed by atoms with E-state index in [9.17, 15) is 5.11 Å².